The van der Waals surface area contributed by atoms with Crippen molar-refractivity contribution in [1.82, 2.24) is 9.78 Å². The highest BCUT2D eigenvalue weighted by Gasteiger charge is 2.15. The smallest absolute Gasteiger partial charge is 0.157 e. The van der Waals surface area contributed by atoms with Crippen LogP contribution in [0.5, 0.6) is 5.75 Å². The van der Waals surface area contributed by atoms with E-state index in [1.54, 1.807) is 10.9 Å². The Morgan fingerprint density at radius 1 is 1.50 bits per heavy atom. The average Bonchev–Trinajstić information content (AvgIpc) is 2.64. The molecule has 16 heavy (non-hydrogen) atoms. The summed E-state index contributed by atoms with van der Waals surface area (Å²) in [4.78, 5) is 0. The molecule has 0 amide bonds. The third-order valence-corrected chi connectivity index (χ3v) is 2.45. The number of nitrogens with zero attached hydrogens (tertiary/aromatic N) is 3. The van der Waals surface area contributed by atoms with Crippen molar-refractivity contribution in [2.75, 3.05) is 6.61 Å². The van der Waals surface area contributed by atoms with Crippen molar-refractivity contribution in [1.29, 1.82) is 5.26 Å². The van der Waals surface area contributed by atoms with Crippen molar-refractivity contribution in [2.45, 2.75) is 33.1 Å². The molecule has 0 bridgehead atoms. The van der Waals surface area contributed by atoms with E-state index in [9.17, 15) is 0 Å². The molecule has 0 unspecified atom stereocenters. The van der Waals surface area contributed by atoms with Gasteiger partial charge in [0.05, 0.1) is 30.5 Å². The summed E-state index contributed by atoms with van der Waals surface area (Å²) in [5.74, 6) is 0.807. The van der Waals surface area contributed by atoms with E-state index in [2.05, 4.69) is 11.2 Å². The highest BCUT2D eigenvalue weighted by Crippen LogP contribution is 2.21. The molecule has 1 heterocycles. The van der Waals surface area contributed by atoms with Gasteiger partial charge in [-0.2, -0.15) is 10.4 Å². The molecule has 0 N–H and O–H groups in total. The summed E-state index contributed by atoms with van der Waals surface area (Å²) in [5, 5.41) is 12.9. The maximum absolute atomic E-state index is 8.84. The van der Waals surface area contributed by atoms with Gasteiger partial charge < -0.3 is 4.74 Å². The van der Waals surface area contributed by atoms with Crippen LogP contribution in [0, 0.1) is 16.7 Å². The Morgan fingerprint density at radius 2 is 2.25 bits per heavy atom. The molecule has 88 valence electrons. The maximum Gasteiger partial charge on any atom is 0.157 e. The number of hydrogen-bond donors (Lipinski definition) is 0. The molecule has 0 radical (unpaired) electrons. The first-order valence-corrected chi connectivity index (χ1v) is 5.56. The first-order chi connectivity index (χ1) is 7.53. The first kappa shape index (κ1) is 12.6. The number of unbranched alkanes of at least 4 members (excludes halogenated alkanes) is 1. The van der Waals surface area contributed by atoms with Crippen molar-refractivity contribution in [3.8, 4) is 11.8 Å². The highest BCUT2D eigenvalue weighted by molar-refractivity contribution is 5.11. The Bertz CT molecular complexity index is 363. The minimum absolute atomic E-state index is 0.214. The van der Waals surface area contributed by atoms with Crippen LogP contribution in [-0.4, -0.2) is 16.4 Å². The molecule has 4 heteroatoms. The van der Waals surface area contributed by atoms with Gasteiger partial charge in [-0.15, -0.1) is 0 Å². The van der Waals surface area contributed by atoms with Gasteiger partial charge >= 0.3 is 0 Å². The third-order valence-electron chi connectivity index (χ3n) is 2.45. The van der Waals surface area contributed by atoms with Crippen molar-refractivity contribution in [3.63, 3.8) is 0 Å². The van der Waals surface area contributed by atoms with E-state index in [1.165, 1.54) is 0 Å². The van der Waals surface area contributed by atoms with Crippen LogP contribution in [0.1, 0.15) is 33.1 Å². The van der Waals surface area contributed by atoms with Gasteiger partial charge in [0.1, 0.15) is 0 Å². The zero-order chi connectivity index (χ0) is 12.0. The topological polar surface area (TPSA) is 50.8 Å². The zero-order valence-corrected chi connectivity index (χ0v) is 10.2. The second kappa shape index (κ2) is 5.55. The summed E-state index contributed by atoms with van der Waals surface area (Å²) in [6, 6.07) is 2.30. The van der Waals surface area contributed by atoms with Crippen LogP contribution in [0.4, 0.5) is 0 Å². The van der Waals surface area contributed by atoms with Gasteiger partial charge in [0.25, 0.3) is 0 Å². The van der Waals surface area contributed by atoms with E-state index in [1.807, 2.05) is 27.1 Å². The van der Waals surface area contributed by atoms with E-state index in [-0.39, 0.29) is 5.41 Å². The lowest BCUT2D eigenvalue weighted by Gasteiger charge is -2.14. The summed E-state index contributed by atoms with van der Waals surface area (Å²) >= 11 is 0. The normalized spacial score (nSPS) is 11.1. The number of aryl methyl sites for hydroxylation is 1. The second-order valence-electron chi connectivity index (χ2n) is 4.65. The summed E-state index contributed by atoms with van der Waals surface area (Å²) in [6.07, 6.45) is 6.46. The lowest BCUT2D eigenvalue weighted by molar-refractivity contribution is 0.294. The lowest BCUT2D eigenvalue weighted by atomic mass is 9.89. The predicted octanol–water partition coefficient (Wildman–Crippen LogP) is 2.52. The minimum Gasteiger partial charge on any atom is -0.490 e. The van der Waals surface area contributed by atoms with Crippen molar-refractivity contribution < 1.29 is 4.74 Å². The molecule has 0 fully saturated rings. The van der Waals surface area contributed by atoms with Gasteiger partial charge in [-0.25, -0.2) is 0 Å². The van der Waals surface area contributed by atoms with Gasteiger partial charge in [-0.3, -0.25) is 4.68 Å². The summed E-state index contributed by atoms with van der Waals surface area (Å²) < 4.78 is 7.23. The van der Waals surface area contributed by atoms with Gasteiger partial charge in [0, 0.05) is 7.05 Å². The number of aromatic nitrogens is 2. The zero-order valence-electron chi connectivity index (χ0n) is 10.2. The second-order valence-corrected chi connectivity index (χ2v) is 4.65. The van der Waals surface area contributed by atoms with Crippen LogP contribution in [0.25, 0.3) is 0 Å². The molecule has 0 saturated carbocycles. The van der Waals surface area contributed by atoms with Gasteiger partial charge in [0.15, 0.2) is 5.75 Å². The van der Waals surface area contributed by atoms with Gasteiger partial charge in [0.2, 0.25) is 0 Å². The molecular formula is C12H19N3O. The summed E-state index contributed by atoms with van der Waals surface area (Å²) in [7, 11) is 1.86. The van der Waals surface area contributed by atoms with E-state index in [4.69, 9.17) is 10.00 Å². The van der Waals surface area contributed by atoms with Crippen LogP contribution in [-0.2, 0) is 7.05 Å². The van der Waals surface area contributed by atoms with Crippen LogP contribution < -0.4 is 4.74 Å². The number of nitriles is 1. The van der Waals surface area contributed by atoms with Crippen LogP contribution in [0.3, 0.4) is 0 Å². The molecule has 4 nitrogen and oxygen atoms in total. The fraction of sp³-hybridized carbons (Fsp3) is 0.667. The summed E-state index contributed by atoms with van der Waals surface area (Å²) in [6.45, 7) is 4.62. The van der Waals surface area contributed by atoms with Crippen molar-refractivity contribution in [3.05, 3.63) is 12.4 Å². The Morgan fingerprint density at radius 3 is 2.81 bits per heavy atom. The largest absolute Gasteiger partial charge is 0.490 e. The Hall–Kier alpha value is -1.50. The molecule has 1 aromatic heterocycles. The molecule has 0 aliphatic heterocycles. The quantitative estimate of drug-likeness (QED) is 0.693. The number of rotatable bonds is 6. The number of hydrogen-bond acceptors (Lipinski definition) is 3. The fourth-order valence-electron chi connectivity index (χ4n) is 1.39. The molecule has 0 spiro atoms. The predicted molar refractivity (Wildman–Crippen MR) is 61.9 cm³/mol. The Balaban J connectivity index is 2.11. The Labute approximate surface area is 96.8 Å². The molecule has 0 saturated heterocycles. The van der Waals surface area contributed by atoms with E-state index in [0.717, 1.165) is 25.0 Å². The monoisotopic (exact) mass is 221 g/mol. The van der Waals surface area contributed by atoms with Crippen LogP contribution >= 0.6 is 0 Å². The van der Waals surface area contributed by atoms with E-state index < -0.39 is 0 Å². The SMILES string of the molecule is Cn1cc(OCCCCC(C)(C)C#N)cn1. The standard InChI is InChI=1S/C12H19N3O/c1-12(2,10-13)6-4-5-7-16-11-8-14-15(3)9-11/h8-9H,4-7H2,1-3H3. The maximum atomic E-state index is 8.84. The molecule has 0 aliphatic rings. The van der Waals surface area contributed by atoms with Crippen molar-refractivity contribution >= 4 is 0 Å². The first-order valence-electron chi connectivity index (χ1n) is 5.56. The van der Waals surface area contributed by atoms with Crippen molar-refractivity contribution in [2.24, 2.45) is 12.5 Å². The number of ether oxygens (including phenoxy) is 1. The summed E-state index contributed by atoms with van der Waals surface area (Å²) in [5.41, 5.74) is -0.214. The van der Waals surface area contributed by atoms with E-state index >= 15 is 0 Å². The fourth-order valence-corrected chi connectivity index (χ4v) is 1.39. The lowest BCUT2D eigenvalue weighted by Crippen LogP contribution is -2.08. The minimum atomic E-state index is -0.214. The highest BCUT2D eigenvalue weighted by atomic mass is 16.5. The Kier molecular flexibility index (Phi) is 4.36. The van der Waals surface area contributed by atoms with Crippen LogP contribution in [0.2, 0.25) is 0 Å². The molecular weight excluding hydrogens is 202 g/mol. The van der Waals surface area contributed by atoms with E-state index in [0.29, 0.717) is 6.61 Å². The molecule has 1 aromatic rings. The molecule has 1 rings (SSSR count). The van der Waals surface area contributed by atoms with Gasteiger partial charge in [-0.05, 0) is 33.1 Å². The molecule has 0 aromatic carbocycles. The third kappa shape index (κ3) is 4.35. The van der Waals surface area contributed by atoms with Gasteiger partial charge in [-0.1, -0.05) is 0 Å². The van der Waals surface area contributed by atoms with Crippen LogP contribution in [0.15, 0.2) is 12.4 Å². The molecule has 0 aliphatic carbocycles. The molecule has 0 atom stereocenters. The average molecular weight is 221 g/mol.